The van der Waals surface area contributed by atoms with Crippen molar-refractivity contribution in [3.05, 3.63) is 29.3 Å². The van der Waals surface area contributed by atoms with E-state index >= 15 is 0 Å². The molecule has 0 heterocycles. The number of hydrogen-bond donors (Lipinski definition) is 2. The zero-order valence-corrected chi connectivity index (χ0v) is 13.1. The van der Waals surface area contributed by atoms with Gasteiger partial charge in [0, 0.05) is 18.1 Å². The van der Waals surface area contributed by atoms with Crippen LogP contribution in [0.15, 0.2) is 24.3 Å². The van der Waals surface area contributed by atoms with Gasteiger partial charge in [-0.1, -0.05) is 18.5 Å². The lowest BCUT2D eigenvalue weighted by Crippen LogP contribution is -2.43. The smallest absolute Gasteiger partial charge is 0.119 e. The molecule has 0 aliphatic heterocycles. The molecule has 1 aromatic rings. The van der Waals surface area contributed by atoms with E-state index in [4.69, 9.17) is 16.3 Å². The monoisotopic (exact) mass is 301 g/mol. The third-order valence-electron chi connectivity index (χ3n) is 2.78. The molecule has 0 bridgehead atoms. The van der Waals surface area contributed by atoms with Gasteiger partial charge in [0.15, 0.2) is 0 Å². The highest BCUT2D eigenvalue weighted by molar-refractivity contribution is 6.30. The molecule has 0 spiro atoms. The predicted octanol–water partition coefficient (Wildman–Crippen LogP) is 2.17. The molecule has 0 saturated carbocycles. The molecule has 1 unspecified atom stereocenters. The standard InChI is InChI=1S/C15H24ClNO3/c1-4-17(11-15(2,3)19)9-13(18)10-20-14-7-5-12(16)6-8-14/h5-8,13,18-19H,4,9-11H2,1-3H3. The molecule has 0 radical (unpaired) electrons. The van der Waals surface area contributed by atoms with E-state index in [-0.39, 0.29) is 6.61 Å². The van der Waals surface area contributed by atoms with Gasteiger partial charge in [0.2, 0.25) is 0 Å². The number of rotatable bonds is 8. The van der Waals surface area contributed by atoms with Crippen molar-refractivity contribution in [1.82, 2.24) is 4.90 Å². The first-order valence-corrected chi connectivity index (χ1v) is 7.19. The van der Waals surface area contributed by atoms with Crippen LogP contribution >= 0.6 is 11.6 Å². The first-order chi connectivity index (χ1) is 9.30. The van der Waals surface area contributed by atoms with Gasteiger partial charge in [0.05, 0.1) is 5.60 Å². The third-order valence-corrected chi connectivity index (χ3v) is 3.03. The Morgan fingerprint density at radius 1 is 1.30 bits per heavy atom. The van der Waals surface area contributed by atoms with E-state index in [1.54, 1.807) is 38.1 Å². The first kappa shape index (κ1) is 17.2. The molecule has 1 atom stereocenters. The van der Waals surface area contributed by atoms with Gasteiger partial charge < -0.3 is 14.9 Å². The average Bonchev–Trinajstić information content (AvgIpc) is 2.35. The zero-order chi connectivity index (χ0) is 15.2. The summed E-state index contributed by atoms with van der Waals surface area (Å²) in [5.41, 5.74) is -0.771. The second-order valence-electron chi connectivity index (χ2n) is 5.56. The predicted molar refractivity (Wildman–Crippen MR) is 81.4 cm³/mol. The molecule has 5 heteroatoms. The van der Waals surface area contributed by atoms with E-state index in [1.165, 1.54) is 0 Å². The Hall–Kier alpha value is -0.810. The molecule has 1 aromatic carbocycles. The number of hydrogen-bond acceptors (Lipinski definition) is 4. The Balaban J connectivity index is 2.38. The number of aliphatic hydroxyl groups excluding tert-OH is 1. The van der Waals surface area contributed by atoms with Crippen LogP contribution < -0.4 is 4.74 Å². The number of likely N-dealkylation sites (N-methyl/N-ethyl adjacent to an activating group) is 1. The molecule has 0 fully saturated rings. The third kappa shape index (κ3) is 7.10. The highest BCUT2D eigenvalue weighted by Gasteiger charge is 2.19. The van der Waals surface area contributed by atoms with Crippen molar-refractivity contribution in [2.75, 3.05) is 26.2 Å². The summed E-state index contributed by atoms with van der Waals surface area (Å²) in [5.74, 6) is 0.680. The molecule has 20 heavy (non-hydrogen) atoms. The average molecular weight is 302 g/mol. The second-order valence-corrected chi connectivity index (χ2v) is 6.00. The van der Waals surface area contributed by atoms with Gasteiger partial charge in [-0.2, -0.15) is 0 Å². The summed E-state index contributed by atoms with van der Waals surface area (Å²) in [6, 6.07) is 7.03. The largest absolute Gasteiger partial charge is 0.491 e. The summed E-state index contributed by atoms with van der Waals surface area (Å²) < 4.78 is 5.50. The maximum Gasteiger partial charge on any atom is 0.119 e. The Labute approximate surface area is 125 Å². The summed E-state index contributed by atoms with van der Waals surface area (Å²) >= 11 is 5.79. The molecule has 0 aliphatic carbocycles. The summed E-state index contributed by atoms with van der Waals surface area (Å²) in [7, 11) is 0. The Morgan fingerprint density at radius 3 is 2.40 bits per heavy atom. The molecule has 2 N–H and O–H groups in total. The van der Waals surface area contributed by atoms with Crippen molar-refractivity contribution in [3.63, 3.8) is 0 Å². The van der Waals surface area contributed by atoms with Crippen molar-refractivity contribution >= 4 is 11.6 Å². The Kier molecular flexibility index (Phi) is 6.76. The van der Waals surface area contributed by atoms with Gasteiger partial charge in [-0.25, -0.2) is 0 Å². The Morgan fingerprint density at radius 2 is 1.90 bits per heavy atom. The number of nitrogens with zero attached hydrogens (tertiary/aromatic N) is 1. The fraction of sp³-hybridized carbons (Fsp3) is 0.600. The molecule has 4 nitrogen and oxygen atoms in total. The van der Waals surface area contributed by atoms with Crippen LogP contribution in [0.3, 0.4) is 0 Å². The summed E-state index contributed by atoms with van der Waals surface area (Å²) in [5, 5.41) is 20.4. The van der Waals surface area contributed by atoms with Crippen molar-refractivity contribution < 1.29 is 14.9 Å². The molecular formula is C15H24ClNO3. The topological polar surface area (TPSA) is 52.9 Å². The van der Waals surface area contributed by atoms with Crippen LogP contribution in [-0.2, 0) is 0 Å². The van der Waals surface area contributed by atoms with Gasteiger partial charge in [0.1, 0.15) is 18.5 Å². The molecule has 0 saturated heterocycles. The van der Waals surface area contributed by atoms with Gasteiger partial charge in [0.25, 0.3) is 0 Å². The number of halogens is 1. The Bertz CT molecular complexity index is 389. The normalized spacial score (nSPS) is 13.6. The molecule has 0 aromatic heterocycles. The van der Waals surface area contributed by atoms with Gasteiger partial charge in [-0.05, 0) is 44.7 Å². The minimum absolute atomic E-state index is 0.212. The van der Waals surface area contributed by atoms with Gasteiger partial charge in [-0.15, -0.1) is 0 Å². The maximum atomic E-state index is 9.99. The van der Waals surface area contributed by atoms with Crippen LogP contribution in [0, 0.1) is 0 Å². The highest BCUT2D eigenvalue weighted by atomic mass is 35.5. The van der Waals surface area contributed by atoms with E-state index in [9.17, 15) is 10.2 Å². The lowest BCUT2D eigenvalue weighted by molar-refractivity contribution is 0.0115. The van der Waals surface area contributed by atoms with E-state index in [2.05, 4.69) is 0 Å². The molecule has 114 valence electrons. The lowest BCUT2D eigenvalue weighted by atomic mass is 10.1. The fourth-order valence-electron chi connectivity index (χ4n) is 1.93. The van der Waals surface area contributed by atoms with E-state index in [1.807, 2.05) is 11.8 Å². The fourth-order valence-corrected chi connectivity index (χ4v) is 2.05. The lowest BCUT2D eigenvalue weighted by Gasteiger charge is -2.29. The SMILES string of the molecule is CCN(CC(O)COc1ccc(Cl)cc1)CC(C)(C)O. The van der Waals surface area contributed by atoms with Crippen LogP contribution in [0.5, 0.6) is 5.75 Å². The second kappa shape index (κ2) is 7.84. The van der Waals surface area contributed by atoms with E-state index < -0.39 is 11.7 Å². The van der Waals surface area contributed by atoms with Crippen LogP contribution in [-0.4, -0.2) is 53.1 Å². The van der Waals surface area contributed by atoms with Crippen molar-refractivity contribution in [2.45, 2.75) is 32.5 Å². The van der Waals surface area contributed by atoms with E-state index in [0.717, 1.165) is 6.54 Å². The van der Waals surface area contributed by atoms with E-state index in [0.29, 0.717) is 23.9 Å². The molecule has 0 aliphatic rings. The van der Waals surface area contributed by atoms with Crippen LogP contribution in [0.2, 0.25) is 5.02 Å². The minimum Gasteiger partial charge on any atom is -0.491 e. The number of ether oxygens (including phenoxy) is 1. The van der Waals surface area contributed by atoms with Gasteiger partial charge in [-0.3, -0.25) is 4.90 Å². The first-order valence-electron chi connectivity index (χ1n) is 6.81. The zero-order valence-electron chi connectivity index (χ0n) is 12.3. The van der Waals surface area contributed by atoms with Crippen LogP contribution in [0.25, 0.3) is 0 Å². The number of aliphatic hydroxyl groups is 2. The summed E-state index contributed by atoms with van der Waals surface area (Å²) in [4.78, 5) is 2.00. The highest BCUT2D eigenvalue weighted by Crippen LogP contribution is 2.15. The maximum absolute atomic E-state index is 9.99. The summed E-state index contributed by atoms with van der Waals surface area (Å²) in [6.45, 7) is 7.47. The molecule has 0 amide bonds. The quantitative estimate of drug-likeness (QED) is 0.773. The molecular weight excluding hydrogens is 278 g/mol. The van der Waals surface area contributed by atoms with Crippen LogP contribution in [0.1, 0.15) is 20.8 Å². The van der Waals surface area contributed by atoms with Gasteiger partial charge >= 0.3 is 0 Å². The minimum atomic E-state index is -0.771. The molecule has 1 rings (SSSR count). The summed E-state index contributed by atoms with van der Waals surface area (Å²) in [6.07, 6.45) is -0.604. The van der Waals surface area contributed by atoms with Crippen molar-refractivity contribution in [1.29, 1.82) is 0 Å². The number of benzene rings is 1. The van der Waals surface area contributed by atoms with Crippen LogP contribution in [0.4, 0.5) is 0 Å². The van der Waals surface area contributed by atoms with Crippen molar-refractivity contribution in [2.24, 2.45) is 0 Å². The van der Waals surface area contributed by atoms with Crippen molar-refractivity contribution in [3.8, 4) is 5.75 Å².